The number of para-hydroxylation sites is 1. The van der Waals surface area contributed by atoms with Crippen LogP contribution in [-0.4, -0.2) is 25.2 Å². The van der Waals surface area contributed by atoms with E-state index in [9.17, 15) is 0 Å². The first-order valence-corrected chi connectivity index (χ1v) is 8.35. The van der Waals surface area contributed by atoms with Crippen LogP contribution in [0.5, 0.6) is 11.5 Å². The molecule has 24 heavy (non-hydrogen) atoms. The molecule has 0 unspecified atom stereocenters. The number of ether oxygens (including phenoxy) is 2. The Labute approximate surface area is 142 Å². The molecule has 0 radical (unpaired) electrons. The van der Waals surface area contributed by atoms with Crippen LogP contribution in [0.25, 0.3) is 10.9 Å². The number of benzene rings is 2. The van der Waals surface area contributed by atoms with E-state index in [4.69, 9.17) is 15.2 Å². The van der Waals surface area contributed by atoms with Crippen LogP contribution in [0.15, 0.2) is 48.7 Å². The van der Waals surface area contributed by atoms with E-state index in [1.807, 2.05) is 18.2 Å². The predicted octanol–water partition coefficient (Wildman–Crippen LogP) is 4.06. The van der Waals surface area contributed by atoms with Crippen LogP contribution < -0.4 is 15.2 Å². The van der Waals surface area contributed by atoms with E-state index in [1.54, 1.807) is 7.11 Å². The van der Waals surface area contributed by atoms with Crippen LogP contribution in [0.3, 0.4) is 0 Å². The highest BCUT2D eigenvalue weighted by Gasteiger charge is 2.18. The number of nitrogens with one attached hydrogen (secondary N) is 1. The molecule has 1 atom stereocenters. The summed E-state index contributed by atoms with van der Waals surface area (Å²) in [5, 5.41) is 1.21. The third-order valence-electron chi connectivity index (χ3n) is 4.28. The number of aromatic nitrogens is 1. The SMILES string of the molecule is CCCOc1ccc([C@H](CN)c2c[nH]c3ccccc23)cc1OC. The molecule has 0 saturated heterocycles. The molecule has 1 heterocycles. The van der Waals surface area contributed by atoms with Crippen LogP contribution in [-0.2, 0) is 0 Å². The topological polar surface area (TPSA) is 60.3 Å². The first kappa shape index (κ1) is 16.4. The van der Waals surface area contributed by atoms with Crippen LogP contribution in [0, 0.1) is 0 Å². The number of rotatable bonds is 7. The molecule has 0 bridgehead atoms. The molecule has 3 aromatic rings. The number of hydrogen-bond donors (Lipinski definition) is 2. The largest absolute Gasteiger partial charge is 0.493 e. The van der Waals surface area contributed by atoms with E-state index in [-0.39, 0.29) is 5.92 Å². The van der Waals surface area contributed by atoms with Crippen molar-refractivity contribution >= 4 is 10.9 Å². The lowest BCUT2D eigenvalue weighted by atomic mass is 9.91. The molecule has 4 heteroatoms. The molecule has 0 saturated carbocycles. The lowest BCUT2D eigenvalue weighted by molar-refractivity contribution is 0.294. The second-order valence-corrected chi connectivity index (χ2v) is 5.84. The van der Waals surface area contributed by atoms with Gasteiger partial charge < -0.3 is 20.2 Å². The van der Waals surface area contributed by atoms with Gasteiger partial charge in [-0.2, -0.15) is 0 Å². The molecule has 3 N–H and O–H groups in total. The zero-order valence-electron chi connectivity index (χ0n) is 14.2. The van der Waals surface area contributed by atoms with E-state index in [2.05, 4.69) is 42.4 Å². The van der Waals surface area contributed by atoms with Gasteiger partial charge in [-0.15, -0.1) is 0 Å². The van der Waals surface area contributed by atoms with Crippen LogP contribution in [0.4, 0.5) is 0 Å². The highest BCUT2D eigenvalue weighted by Crippen LogP contribution is 2.35. The smallest absolute Gasteiger partial charge is 0.161 e. The highest BCUT2D eigenvalue weighted by molar-refractivity contribution is 5.84. The number of methoxy groups -OCH3 is 1. The first-order valence-electron chi connectivity index (χ1n) is 8.35. The number of hydrogen-bond acceptors (Lipinski definition) is 3. The summed E-state index contributed by atoms with van der Waals surface area (Å²) < 4.78 is 11.3. The van der Waals surface area contributed by atoms with Crippen molar-refractivity contribution in [1.29, 1.82) is 0 Å². The highest BCUT2D eigenvalue weighted by atomic mass is 16.5. The van der Waals surface area contributed by atoms with Gasteiger partial charge in [0.05, 0.1) is 13.7 Å². The van der Waals surface area contributed by atoms with Gasteiger partial charge in [0, 0.05) is 29.6 Å². The molecule has 0 amide bonds. The molecule has 126 valence electrons. The summed E-state index contributed by atoms with van der Waals surface area (Å²) in [5.74, 6) is 1.63. The molecule has 0 fully saturated rings. The van der Waals surface area contributed by atoms with E-state index < -0.39 is 0 Å². The molecular formula is C20H24N2O2. The summed E-state index contributed by atoms with van der Waals surface area (Å²) in [6.07, 6.45) is 3.02. The predicted molar refractivity (Wildman–Crippen MR) is 98.0 cm³/mol. The Morgan fingerprint density at radius 1 is 1.12 bits per heavy atom. The Morgan fingerprint density at radius 3 is 2.71 bits per heavy atom. The molecule has 0 aliphatic heterocycles. The molecule has 3 rings (SSSR count). The van der Waals surface area contributed by atoms with Crippen molar-refractivity contribution in [2.45, 2.75) is 19.3 Å². The lowest BCUT2D eigenvalue weighted by Crippen LogP contribution is -2.13. The Balaban J connectivity index is 1.99. The van der Waals surface area contributed by atoms with Crippen molar-refractivity contribution in [3.8, 4) is 11.5 Å². The molecule has 4 nitrogen and oxygen atoms in total. The second-order valence-electron chi connectivity index (χ2n) is 5.84. The fourth-order valence-electron chi connectivity index (χ4n) is 3.06. The summed E-state index contributed by atoms with van der Waals surface area (Å²) in [6, 6.07) is 14.4. The number of nitrogens with two attached hydrogens (primary N) is 1. The van der Waals surface area contributed by atoms with Crippen molar-refractivity contribution in [3.63, 3.8) is 0 Å². The van der Waals surface area contributed by atoms with Gasteiger partial charge in [-0.25, -0.2) is 0 Å². The number of fused-ring (bicyclic) bond motifs is 1. The van der Waals surface area contributed by atoms with Gasteiger partial charge in [-0.1, -0.05) is 31.2 Å². The Bertz CT molecular complexity index is 810. The molecule has 1 aromatic heterocycles. The van der Waals surface area contributed by atoms with Crippen molar-refractivity contribution < 1.29 is 9.47 Å². The summed E-state index contributed by atoms with van der Waals surface area (Å²) in [6.45, 7) is 3.29. The third-order valence-corrected chi connectivity index (χ3v) is 4.28. The monoisotopic (exact) mass is 324 g/mol. The number of aromatic amines is 1. The average Bonchev–Trinajstić information content (AvgIpc) is 3.05. The maximum Gasteiger partial charge on any atom is 0.161 e. The lowest BCUT2D eigenvalue weighted by Gasteiger charge is -2.18. The maximum absolute atomic E-state index is 6.11. The summed E-state index contributed by atoms with van der Waals surface area (Å²) in [7, 11) is 1.67. The van der Waals surface area contributed by atoms with Crippen molar-refractivity contribution in [2.24, 2.45) is 5.73 Å². The van der Waals surface area contributed by atoms with Gasteiger partial charge in [0.15, 0.2) is 11.5 Å². The summed E-state index contributed by atoms with van der Waals surface area (Å²) >= 11 is 0. The normalized spacial score (nSPS) is 12.3. The van der Waals surface area contributed by atoms with Gasteiger partial charge in [-0.05, 0) is 35.7 Å². The second kappa shape index (κ2) is 7.41. The summed E-state index contributed by atoms with van der Waals surface area (Å²) in [4.78, 5) is 3.33. The van der Waals surface area contributed by atoms with Gasteiger partial charge in [0.1, 0.15) is 0 Å². The van der Waals surface area contributed by atoms with Crippen molar-refractivity contribution in [3.05, 3.63) is 59.8 Å². The minimum Gasteiger partial charge on any atom is -0.493 e. The van der Waals surface area contributed by atoms with Gasteiger partial charge in [-0.3, -0.25) is 0 Å². The number of H-pyrrole nitrogens is 1. The fourth-order valence-corrected chi connectivity index (χ4v) is 3.06. The third kappa shape index (κ3) is 3.10. The van der Waals surface area contributed by atoms with E-state index in [1.165, 1.54) is 10.9 Å². The van der Waals surface area contributed by atoms with Crippen LogP contribution in [0.1, 0.15) is 30.4 Å². The summed E-state index contributed by atoms with van der Waals surface area (Å²) in [5.41, 5.74) is 9.57. The fraction of sp³-hybridized carbons (Fsp3) is 0.300. The van der Waals surface area contributed by atoms with E-state index >= 15 is 0 Å². The van der Waals surface area contributed by atoms with Gasteiger partial charge >= 0.3 is 0 Å². The molecular weight excluding hydrogens is 300 g/mol. The Hall–Kier alpha value is -2.46. The standard InChI is InChI=1S/C20H24N2O2/c1-3-10-24-19-9-8-14(11-20(19)23-2)16(12-21)17-13-22-18-7-5-4-6-15(17)18/h4-9,11,13,16,22H,3,10,12,21H2,1-2H3/t16-/m0/s1. The van der Waals surface area contributed by atoms with Crippen molar-refractivity contribution in [2.75, 3.05) is 20.3 Å². The van der Waals surface area contributed by atoms with Crippen LogP contribution >= 0.6 is 0 Å². The first-order chi connectivity index (χ1) is 11.8. The minimum atomic E-state index is 0.107. The molecule has 2 aromatic carbocycles. The van der Waals surface area contributed by atoms with E-state index in [0.717, 1.165) is 29.0 Å². The molecule has 0 aliphatic carbocycles. The Morgan fingerprint density at radius 2 is 1.96 bits per heavy atom. The van der Waals surface area contributed by atoms with E-state index in [0.29, 0.717) is 13.2 Å². The zero-order chi connectivity index (χ0) is 16.9. The zero-order valence-corrected chi connectivity index (χ0v) is 14.2. The van der Waals surface area contributed by atoms with Gasteiger partial charge in [0.25, 0.3) is 0 Å². The van der Waals surface area contributed by atoms with Crippen LogP contribution in [0.2, 0.25) is 0 Å². The van der Waals surface area contributed by atoms with Gasteiger partial charge in [0.2, 0.25) is 0 Å². The maximum atomic E-state index is 6.11. The minimum absolute atomic E-state index is 0.107. The average molecular weight is 324 g/mol. The molecule has 0 aliphatic rings. The quantitative estimate of drug-likeness (QED) is 0.689. The van der Waals surface area contributed by atoms with Crippen molar-refractivity contribution in [1.82, 2.24) is 4.98 Å². The molecule has 0 spiro atoms. The Kier molecular flexibility index (Phi) is 5.06.